The molecule has 0 amide bonds. The van der Waals surface area contributed by atoms with Crippen LogP contribution in [0.2, 0.25) is 5.02 Å². The van der Waals surface area contributed by atoms with Gasteiger partial charge in [0.25, 0.3) is 0 Å². The number of alkyl halides is 1. The van der Waals surface area contributed by atoms with Gasteiger partial charge in [0.05, 0.1) is 11.7 Å². The molecule has 5 heteroatoms. The molecule has 0 radical (unpaired) electrons. The molecule has 0 aliphatic carbocycles. The summed E-state index contributed by atoms with van der Waals surface area (Å²) in [6, 6.07) is 4.69. The molecule has 106 valence electrons. The van der Waals surface area contributed by atoms with Gasteiger partial charge in [-0.05, 0) is 32.0 Å². The molecule has 0 aromatic heterocycles. The maximum atomic E-state index is 13.8. The molecular weight excluding hydrogens is 333 g/mol. The number of halogens is 3. The van der Waals surface area contributed by atoms with Crippen LogP contribution in [0.1, 0.15) is 19.4 Å². The van der Waals surface area contributed by atoms with Gasteiger partial charge in [-0.3, -0.25) is 4.90 Å². The number of rotatable bonds is 3. The van der Waals surface area contributed by atoms with E-state index in [9.17, 15) is 4.39 Å². The van der Waals surface area contributed by atoms with E-state index < -0.39 is 0 Å². The van der Waals surface area contributed by atoms with Gasteiger partial charge in [-0.1, -0.05) is 27.5 Å². The van der Waals surface area contributed by atoms with Crippen molar-refractivity contribution in [3.63, 3.8) is 0 Å². The van der Waals surface area contributed by atoms with Crippen LogP contribution in [0, 0.1) is 5.82 Å². The zero-order valence-electron chi connectivity index (χ0n) is 11.1. The van der Waals surface area contributed by atoms with E-state index in [-0.39, 0.29) is 17.5 Å². The molecule has 1 aliphatic rings. The molecule has 1 aromatic carbocycles. The lowest BCUT2D eigenvalue weighted by molar-refractivity contribution is -0.128. The second kappa shape index (κ2) is 6.08. The van der Waals surface area contributed by atoms with Crippen LogP contribution in [0.4, 0.5) is 4.39 Å². The van der Waals surface area contributed by atoms with Crippen molar-refractivity contribution < 1.29 is 9.13 Å². The van der Waals surface area contributed by atoms with Crippen molar-refractivity contribution in [1.29, 1.82) is 0 Å². The Kier molecular flexibility index (Phi) is 4.88. The highest BCUT2D eigenvalue weighted by atomic mass is 79.9. The van der Waals surface area contributed by atoms with Gasteiger partial charge in [-0.25, -0.2) is 4.39 Å². The predicted octanol–water partition coefficient (Wildman–Crippen LogP) is 3.85. The number of benzene rings is 1. The molecule has 0 bridgehead atoms. The SMILES string of the molecule is CC1(C)CN(Cc2cc(Cl)ccc2F)CC(CBr)O1. The molecular formula is C14H18BrClFNO. The van der Waals surface area contributed by atoms with Gasteiger partial charge in [0, 0.05) is 35.6 Å². The zero-order chi connectivity index (χ0) is 14.0. The van der Waals surface area contributed by atoms with Crippen molar-refractivity contribution in [3.05, 3.63) is 34.6 Å². The monoisotopic (exact) mass is 349 g/mol. The molecule has 2 nitrogen and oxygen atoms in total. The van der Waals surface area contributed by atoms with Gasteiger partial charge in [-0.15, -0.1) is 0 Å². The van der Waals surface area contributed by atoms with E-state index in [0.29, 0.717) is 17.1 Å². The van der Waals surface area contributed by atoms with Crippen LogP contribution in [0.25, 0.3) is 0 Å². The third-order valence-electron chi connectivity index (χ3n) is 3.13. The Hall–Kier alpha value is -0.160. The van der Waals surface area contributed by atoms with Crippen LogP contribution < -0.4 is 0 Å². The second-order valence-corrected chi connectivity index (χ2v) is 6.64. The minimum absolute atomic E-state index is 0.131. The van der Waals surface area contributed by atoms with Crippen LogP contribution in [0.15, 0.2) is 18.2 Å². The number of morpholine rings is 1. The van der Waals surface area contributed by atoms with Gasteiger partial charge in [0.2, 0.25) is 0 Å². The Balaban J connectivity index is 2.11. The number of ether oxygens (including phenoxy) is 1. The molecule has 1 saturated heterocycles. The van der Waals surface area contributed by atoms with Crippen molar-refractivity contribution in [2.24, 2.45) is 0 Å². The average molecular weight is 351 g/mol. The first-order chi connectivity index (χ1) is 8.89. The summed E-state index contributed by atoms with van der Waals surface area (Å²) in [6.45, 7) is 6.25. The van der Waals surface area contributed by atoms with Crippen LogP contribution in [-0.4, -0.2) is 35.0 Å². The highest BCUT2D eigenvalue weighted by Gasteiger charge is 2.33. The standard InChI is InChI=1S/C14H18BrClFNO/c1-14(2)9-18(8-12(6-15)19-14)7-10-5-11(16)3-4-13(10)17/h3-5,12H,6-9H2,1-2H3. The predicted molar refractivity (Wildman–Crippen MR) is 79.4 cm³/mol. The minimum atomic E-state index is -0.217. The average Bonchev–Trinajstić information content (AvgIpc) is 2.32. The summed E-state index contributed by atoms with van der Waals surface area (Å²) >= 11 is 9.38. The summed E-state index contributed by atoms with van der Waals surface area (Å²) in [6.07, 6.45) is 0.131. The lowest BCUT2D eigenvalue weighted by Crippen LogP contribution is -2.52. The molecule has 0 N–H and O–H groups in total. The summed E-state index contributed by atoms with van der Waals surface area (Å²) < 4.78 is 19.7. The van der Waals surface area contributed by atoms with E-state index in [1.165, 1.54) is 6.07 Å². The summed E-state index contributed by atoms with van der Waals surface area (Å²) in [7, 11) is 0. The highest BCUT2D eigenvalue weighted by Crippen LogP contribution is 2.25. The smallest absolute Gasteiger partial charge is 0.127 e. The van der Waals surface area contributed by atoms with Crippen LogP contribution >= 0.6 is 27.5 Å². The van der Waals surface area contributed by atoms with E-state index in [0.717, 1.165) is 18.4 Å². The van der Waals surface area contributed by atoms with E-state index in [1.54, 1.807) is 12.1 Å². The van der Waals surface area contributed by atoms with Crippen LogP contribution in [-0.2, 0) is 11.3 Å². The molecule has 1 aliphatic heterocycles. The van der Waals surface area contributed by atoms with E-state index >= 15 is 0 Å². The first kappa shape index (κ1) is 15.2. The summed E-state index contributed by atoms with van der Waals surface area (Å²) in [5.74, 6) is -0.205. The van der Waals surface area contributed by atoms with Gasteiger partial charge >= 0.3 is 0 Å². The Labute approximate surface area is 127 Å². The molecule has 2 rings (SSSR count). The Morgan fingerprint density at radius 3 is 2.95 bits per heavy atom. The van der Waals surface area contributed by atoms with Gasteiger partial charge in [0.1, 0.15) is 5.82 Å². The van der Waals surface area contributed by atoms with Crippen molar-refractivity contribution >= 4 is 27.5 Å². The Morgan fingerprint density at radius 1 is 1.53 bits per heavy atom. The van der Waals surface area contributed by atoms with E-state index in [2.05, 4.69) is 34.7 Å². The van der Waals surface area contributed by atoms with Crippen LogP contribution in [0.5, 0.6) is 0 Å². The quantitative estimate of drug-likeness (QED) is 0.768. The maximum Gasteiger partial charge on any atom is 0.127 e. The summed E-state index contributed by atoms with van der Waals surface area (Å²) in [5.41, 5.74) is 0.421. The maximum absolute atomic E-state index is 13.8. The topological polar surface area (TPSA) is 12.5 Å². The number of hydrogen-bond donors (Lipinski definition) is 0. The number of nitrogens with zero attached hydrogens (tertiary/aromatic N) is 1. The number of hydrogen-bond acceptors (Lipinski definition) is 2. The molecule has 1 atom stereocenters. The molecule has 0 saturated carbocycles. The highest BCUT2D eigenvalue weighted by molar-refractivity contribution is 9.09. The molecule has 0 spiro atoms. The fourth-order valence-electron chi connectivity index (χ4n) is 2.52. The van der Waals surface area contributed by atoms with Crippen LogP contribution in [0.3, 0.4) is 0 Å². The third-order valence-corrected chi connectivity index (χ3v) is 4.08. The zero-order valence-corrected chi connectivity index (χ0v) is 13.5. The first-order valence-electron chi connectivity index (χ1n) is 6.30. The summed E-state index contributed by atoms with van der Waals surface area (Å²) in [5, 5.41) is 1.35. The third kappa shape index (κ3) is 4.15. The molecule has 1 fully saturated rings. The van der Waals surface area contributed by atoms with Crippen molar-refractivity contribution in [3.8, 4) is 0 Å². The van der Waals surface area contributed by atoms with Gasteiger partial charge < -0.3 is 4.74 Å². The largest absolute Gasteiger partial charge is 0.369 e. The van der Waals surface area contributed by atoms with E-state index in [1.807, 2.05) is 0 Å². The molecule has 19 heavy (non-hydrogen) atoms. The van der Waals surface area contributed by atoms with Crippen molar-refractivity contribution in [2.75, 3.05) is 18.4 Å². The fraction of sp³-hybridized carbons (Fsp3) is 0.571. The molecule has 1 heterocycles. The van der Waals surface area contributed by atoms with Crippen molar-refractivity contribution in [1.82, 2.24) is 4.90 Å². The lowest BCUT2D eigenvalue weighted by Gasteiger charge is -2.42. The van der Waals surface area contributed by atoms with E-state index in [4.69, 9.17) is 16.3 Å². The van der Waals surface area contributed by atoms with Crippen molar-refractivity contribution in [2.45, 2.75) is 32.1 Å². The van der Waals surface area contributed by atoms with Gasteiger partial charge in [0.15, 0.2) is 0 Å². The molecule has 1 unspecified atom stereocenters. The molecule has 1 aromatic rings. The Morgan fingerprint density at radius 2 is 2.26 bits per heavy atom. The normalized spacial score (nSPS) is 23.5. The fourth-order valence-corrected chi connectivity index (χ4v) is 3.05. The Bertz CT molecular complexity index is 455. The van der Waals surface area contributed by atoms with Gasteiger partial charge in [-0.2, -0.15) is 0 Å². The summed E-state index contributed by atoms with van der Waals surface area (Å²) in [4.78, 5) is 2.21. The minimum Gasteiger partial charge on any atom is -0.369 e. The first-order valence-corrected chi connectivity index (χ1v) is 7.79. The second-order valence-electron chi connectivity index (χ2n) is 5.56. The lowest BCUT2D eigenvalue weighted by atomic mass is 10.0.